The minimum Gasteiger partial charge on any atom is -0.448 e. The van der Waals surface area contributed by atoms with E-state index in [0.29, 0.717) is 16.8 Å². The van der Waals surface area contributed by atoms with Crippen molar-refractivity contribution in [2.45, 2.75) is 39.9 Å². The predicted molar refractivity (Wildman–Crippen MR) is 78.4 cm³/mol. The average Bonchev–Trinajstić information content (AvgIpc) is 2.73. The second-order valence-corrected chi connectivity index (χ2v) is 4.96. The first-order chi connectivity index (χ1) is 10.2. The van der Waals surface area contributed by atoms with E-state index >= 15 is 0 Å². The fourth-order valence-corrected chi connectivity index (χ4v) is 2.14. The van der Waals surface area contributed by atoms with Crippen LogP contribution < -0.4 is 10.6 Å². The van der Waals surface area contributed by atoms with Crippen LogP contribution in [0.1, 0.15) is 47.3 Å². The Morgan fingerprint density at radius 1 is 1.23 bits per heavy atom. The molecule has 0 spiro atoms. The van der Waals surface area contributed by atoms with Crippen molar-refractivity contribution in [3.05, 3.63) is 22.5 Å². The van der Waals surface area contributed by atoms with Gasteiger partial charge in [-0.3, -0.25) is 10.1 Å². The van der Waals surface area contributed by atoms with Gasteiger partial charge in [-0.2, -0.15) is 0 Å². The summed E-state index contributed by atoms with van der Waals surface area (Å²) in [6, 6.07) is -0.684. The highest BCUT2D eigenvalue weighted by molar-refractivity contribution is 5.98. The highest BCUT2D eigenvalue weighted by atomic mass is 16.5. The Morgan fingerprint density at radius 2 is 1.82 bits per heavy atom. The predicted octanol–water partition coefficient (Wildman–Crippen LogP) is 0.686. The molecule has 0 aromatic carbocycles. The van der Waals surface area contributed by atoms with Crippen molar-refractivity contribution in [3.8, 4) is 0 Å². The van der Waals surface area contributed by atoms with E-state index in [4.69, 9.17) is 4.74 Å². The molecular formula is C14H21N3O5. The number of hydrogen-bond donors (Lipinski definition) is 4. The molecule has 1 heterocycles. The van der Waals surface area contributed by atoms with Crippen LogP contribution in [-0.2, 0) is 9.53 Å². The maximum Gasteiger partial charge on any atom is 0.355 e. The molecular weight excluding hydrogens is 290 g/mol. The van der Waals surface area contributed by atoms with Crippen molar-refractivity contribution in [2.24, 2.45) is 0 Å². The van der Waals surface area contributed by atoms with Gasteiger partial charge in [0.25, 0.3) is 5.91 Å². The van der Waals surface area contributed by atoms with Crippen LogP contribution in [0, 0.1) is 13.8 Å². The number of carbonyl (C=O) groups excluding carboxylic acids is 3. The van der Waals surface area contributed by atoms with Gasteiger partial charge in [0.15, 0.2) is 6.10 Å². The molecule has 3 amide bonds. The van der Waals surface area contributed by atoms with Crippen LogP contribution in [0.5, 0.6) is 0 Å². The number of esters is 1. The molecule has 1 aromatic heterocycles. The van der Waals surface area contributed by atoms with Crippen molar-refractivity contribution < 1.29 is 24.2 Å². The summed E-state index contributed by atoms with van der Waals surface area (Å²) in [6.07, 6.45) is -1.87. The Kier molecular flexibility index (Phi) is 5.69. The number of amides is 3. The lowest BCUT2D eigenvalue weighted by molar-refractivity contribution is -0.127. The normalized spacial score (nSPS) is 13.2. The van der Waals surface area contributed by atoms with Crippen LogP contribution in [0.25, 0.3) is 0 Å². The van der Waals surface area contributed by atoms with Crippen molar-refractivity contribution >= 4 is 17.9 Å². The maximum atomic E-state index is 12.1. The summed E-state index contributed by atoms with van der Waals surface area (Å²) in [7, 11) is 1.36. The molecule has 0 aliphatic rings. The molecule has 1 rings (SSSR count). The van der Waals surface area contributed by atoms with Crippen LogP contribution in [-0.4, -0.2) is 41.1 Å². The lowest BCUT2D eigenvalue weighted by atomic mass is 10.1. The van der Waals surface area contributed by atoms with Crippen LogP contribution in [0.4, 0.5) is 4.79 Å². The number of hydrogen-bond acceptors (Lipinski definition) is 5. The number of ether oxygens (including phenoxy) is 1. The fourth-order valence-electron chi connectivity index (χ4n) is 2.14. The number of aryl methyl sites for hydroxylation is 1. The summed E-state index contributed by atoms with van der Waals surface area (Å²) in [5, 5.41) is 13.9. The summed E-state index contributed by atoms with van der Waals surface area (Å²) in [5.41, 5.74) is 2.01. The number of carbonyl (C=O) groups is 3. The Hall–Kier alpha value is -2.35. The SMILES string of the molecule is CNC(=O)NC(=O)[C@@H](C)OC(=O)c1[nH]c(C)c([C@H](C)O)c1C. The standard InChI is InChI=1S/C14H21N3O5/c1-6-10(8(3)18)7(2)16-11(6)13(20)22-9(4)12(19)17-14(21)15-5/h8-9,16,18H,1-5H3,(H2,15,17,19,21)/t8-,9+/m0/s1. The number of imide groups is 1. The average molecular weight is 311 g/mol. The van der Waals surface area contributed by atoms with Gasteiger partial charge in [0.2, 0.25) is 0 Å². The molecule has 2 atom stereocenters. The van der Waals surface area contributed by atoms with Gasteiger partial charge in [-0.1, -0.05) is 0 Å². The molecule has 22 heavy (non-hydrogen) atoms. The van der Waals surface area contributed by atoms with Crippen molar-refractivity contribution in [1.82, 2.24) is 15.6 Å². The van der Waals surface area contributed by atoms with E-state index in [9.17, 15) is 19.5 Å². The minimum absolute atomic E-state index is 0.174. The summed E-state index contributed by atoms with van der Waals surface area (Å²) < 4.78 is 5.03. The molecule has 4 N–H and O–H groups in total. The van der Waals surface area contributed by atoms with Crippen LogP contribution in [0.2, 0.25) is 0 Å². The zero-order chi connectivity index (χ0) is 17.0. The third-order valence-electron chi connectivity index (χ3n) is 3.23. The number of aliphatic hydroxyl groups is 1. The van der Waals surface area contributed by atoms with E-state index in [1.807, 2.05) is 5.32 Å². The highest BCUT2D eigenvalue weighted by Gasteiger charge is 2.25. The topological polar surface area (TPSA) is 121 Å². The first-order valence-corrected chi connectivity index (χ1v) is 6.79. The van der Waals surface area contributed by atoms with Gasteiger partial charge in [0, 0.05) is 18.3 Å². The van der Waals surface area contributed by atoms with E-state index in [0.717, 1.165) is 0 Å². The molecule has 0 radical (unpaired) electrons. The largest absolute Gasteiger partial charge is 0.448 e. The zero-order valence-corrected chi connectivity index (χ0v) is 13.2. The van der Waals surface area contributed by atoms with Crippen molar-refractivity contribution in [1.29, 1.82) is 0 Å². The van der Waals surface area contributed by atoms with Gasteiger partial charge >= 0.3 is 12.0 Å². The molecule has 8 heteroatoms. The molecule has 0 saturated heterocycles. The molecule has 0 saturated carbocycles. The van der Waals surface area contributed by atoms with Crippen LogP contribution in [0.15, 0.2) is 0 Å². The van der Waals surface area contributed by atoms with Gasteiger partial charge in [-0.15, -0.1) is 0 Å². The Morgan fingerprint density at radius 3 is 2.27 bits per heavy atom. The zero-order valence-electron chi connectivity index (χ0n) is 13.2. The first kappa shape index (κ1) is 17.7. The number of aromatic nitrogens is 1. The smallest absolute Gasteiger partial charge is 0.355 e. The van der Waals surface area contributed by atoms with E-state index in [2.05, 4.69) is 10.3 Å². The van der Waals surface area contributed by atoms with E-state index in [1.165, 1.54) is 14.0 Å². The van der Waals surface area contributed by atoms with E-state index < -0.39 is 30.1 Å². The molecule has 0 fully saturated rings. The van der Waals surface area contributed by atoms with E-state index in [1.54, 1.807) is 20.8 Å². The summed E-state index contributed by atoms with van der Waals surface area (Å²) in [4.78, 5) is 37.6. The quantitative estimate of drug-likeness (QED) is 0.610. The Balaban J connectivity index is 2.84. The van der Waals surface area contributed by atoms with E-state index in [-0.39, 0.29) is 5.69 Å². The molecule has 8 nitrogen and oxygen atoms in total. The van der Waals surface area contributed by atoms with Crippen LogP contribution >= 0.6 is 0 Å². The summed E-state index contributed by atoms with van der Waals surface area (Å²) in [6.45, 7) is 6.36. The van der Waals surface area contributed by atoms with Crippen LogP contribution in [0.3, 0.4) is 0 Å². The second-order valence-electron chi connectivity index (χ2n) is 4.96. The minimum atomic E-state index is -1.14. The molecule has 0 aliphatic heterocycles. The summed E-state index contributed by atoms with van der Waals surface area (Å²) >= 11 is 0. The number of urea groups is 1. The molecule has 1 aromatic rings. The number of rotatable bonds is 4. The van der Waals surface area contributed by atoms with Gasteiger partial charge in [-0.05, 0) is 33.3 Å². The molecule has 0 aliphatic carbocycles. The van der Waals surface area contributed by atoms with Gasteiger partial charge in [0.1, 0.15) is 5.69 Å². The lowest BCUT2D eigenvalue weighted by Gasteiger charge is -2.12. The van der Waals surface area contributed by atoms with Gasteiger partial charge in [-0.25, -0.2) is 9.59 Å². The molecule has 122 valence electrons. The van der Waals surface area contributed by atoms with Crippen molar-refractivity contribution in [2.75, 3.05) is 7.05 Å². The Bertz CT molecular complexity index is 592. The third kappa shape index (κ3) is 3.85. The molecule has 0 bridgehead atoms. The second kappa shape index (κ2) is 7.08. The fraction of sp³-hybridized carbons (Fsp3) is 0.500. The Labute approximate surface area is 128 Å². The maximum absolute atomic E-state index is 12.1. The third-order valence-corrected chi connectivity index (χ3v) is 3.23. The van der Waals surface area contributed by atoms with Crippen molar-refractivity contribution in [3.63, 3.8) is 0 Å². The number of aromatic amines is 1. The first-order valence-electron chi connectivity index (χ1n) is 6.79. The monoisotopic (exact) mass is 311 g/mol. The molecule has 0 unspecified atom stereocenters. The van der Waals surface area contributed by atoms with Gasteiger partial charge < -0.3 is 20.1 Å². The summed E-state index contributed by atoms with van der Waals surface area (Å²) in [5.74, 6) is -1.46. The van der Waals surface area contributed by atoms with Gasteiger partial charge in [0.05, 0.1) is 6.10 Å². The highest BCUT2D eigenvalue weighted by Crippen LogP contribution is 2.25. The lowest BCUT2D eigenvalue weighted by Crippen LogP contribution is -2.43. The number of H-pyrrole nitrogens is 1. The number of nitrogens with one attached hydrogen (secondary N) is 3. The number of aliphatic hydroxyl groups excluding tert-OH is 1.